The topological polar surface area (TPSA) is 9.72 Å². The van der Waals surface area contributed by atoms with Crippen molar-refractivity contribution >= 4 is 0 Å². The number of likely N-dealkylation sites (tertiary alicyclic amines) is 3. The zero-order chi connectivity index (χ0) is 14.7. The third-order valence-corrected chi connectivity index (χ3v) is 5.79. The van der Waals surface area contributed by atoms with Crippen molar-refractivity contribution < 1.29 is 0 Å². The number of hydrogen-bond donors (Lipinski definition) is 0. The van der Waals surface area contributed by atoms with E-state index in [1.54, 1.807) is 0 Å². The molecular weight excluding hydrogens is 246 g/mol. The minimum atomic E-state index is 0.356. The maximum atomic E-state index is 2.79. The summed E-state index contributed by atoms with van der Waals surface area (Å²) in [5.74, 6) is 1.86. The van der Waals surface area contributed by atoms with Crippen LogP contribution in [0.5, 0.6) is 0 Å². The molecule has 20 heavy (non-hydrogen) atoms. The molecule has 0 aliphatic carbocycles. The number of hydrogen-bond acceptors (Lipinski definition) is 3. The Morgan fingerprint density at radius 2 is 1.00 bits per heavy atom. The van der Waals surface area contributed by atoms with Crippen molar-refractivity contribution in [1.82, 2.24) is 14.7 Å². The van der Waals surface area contributed by atoms with Crippen LogP contribution in [0.2, 0.25) is 0 Å². The van der Waals surface area contributed by atoms with Gasteiger partial charge in [-0.1, -0.05) is 0 Å². The van der Waals surface area contributed by atoms with Crippen molar-refractivity contribution in [2.75, 3.05) is 39.3 Å². The molecule has 0 saturated carbocycles. The van der Waals surface area contributed by atoms with E-state index >= 15 is 0 Å². The lowest BCUT2D eigenvalue weighted by molar-refractivity contribution is -0.0181. The summed E-state index contributed by atoms with van der Waals surface area (Å²) in [5.41, 5.74) is 0.712. The van der Waals surface area contributed by atoms with E-state index in [1.807, 2.05) is 0 Å². The second kappa shape index (κ2) is 4.69. The molecule has 0 aromatic rings. The molecule has 3 aliphatic heterocycles. The minimum absolute atomic E-state index is 0.356. The van der Waals surface area contributed by atoms with Gasteiger partial charge in [0.25, 0.3) is 0 Å². The van der Waals surface area contributed by atoms with Crippen LogP contribution in [0.4, 0.5) is 0 Å². The molecule has 3 fully saturated rings. The normalized spacial score (nSPS) is 34.5. The molecule has 0 amide bonds. The van der Waals surface area contributed by atoms with E-state index in [9.17, 15) is 0 Å². The van der Waals surface area contributed by atoms with Gasteiger partial charge in [0.15, 0.2) is 0 Å². The van der Waals surface area contributed by atoms with Crippen LogP contribution < -0.4 is 0 Å². The molecule has 3 rings (SSSR count). The van der Waals surface area contributed by atoms with Crippen LogP contribution in [-0.2, 0) is 0 Å². The molecular formula is C17H33N3. The van der Waals surface area contributed by atoms with Crippen LogP contribution in [0.3, 0.4) is 0 Å². The van der Waals surface area contributed by atoms with Crippen LogP contribution in [0.15, 0.2) is 0 Å². The predicted octanol–water partition coefficient (Wildman–Crippen LogP) is 2.13. The zero-order valence-electron chi connectivity index (χ0n) is 14.3. The van der Waals surface area contributed by atoms with Crippen molar-refractivity contribution in [1.29, 1.82) is 0 Å². The van der Waals surface area contributed by atoms with Gasteiger partial charge in [-0.05, 0) is 53.4 Å². The van der Waals surface area contributed by atoms with Gasteiger partial charge in [0, 0.05) is 56.4 Å². The first-order valence-corrected chi connectivity index (χ1v) is 8.39. The molecule has 3 aliphatic rings. The Morgan fingerprint density at radius 3 is 1.40 bits per heavy atom. The Bertz CT molecular complexity index is 345. The molecule has 3 saturated heterocycles. The molecule has 0 aromatic carbocycles. The van der Waals surface area contributed by atoms with Gasteiger partial charge in [-0.15, -0.1) is 0 Å². The lowest BCUT2D eigenvalue weighted by Crippen LogP contribution is -2.64. The number of nitrogens with zero attached hydrogens (tertiary/aromatic N) is 3. The van der Waals surface area contributed by atoms with E-state index in [0.717, 1.165) is 17.9 Å². The summed E-state index contributed by atoms with van der Waals surface area (Å²) in [5, 5.41) is 0. The van der Waals surface area contributed by atoms with E-state index in [4.69, 9.17) is 0 Å². The monoisotopic (exact) mass is 279 g/mol. The summed E-state index contributed by atoms with van der Waals surface area (Å²) in [4.78, 5) is 8.10. The first-order valence-electron chi connectivity index (χ1n) is 8.39. The van der Waals surface area contributed by atoms with Gasteiger partial charge in [0.1, 0.15) is 0 Å². The molecule has 0 radical (unpaired) electrons. The van der Waals surface area contributed by atoms with Crippen LogP contribution in [0.1, 0.15) is 41.5 Å². The zero-order valence-corrected chi connectivity index (χ0v) is 14.3. The van der Waals surface area contributed by atoms with Crippen molar-refractivity contribution in [2.45, 2.75) is 58.7 Å². The maximum absolute atomic E-state index is 2.79. The summed E-state index contributed by atoms with van der Waals surface area (Å²) >= 11 is 0. The standard InChI is InChI=1S/C17H33N3/c1-16(2,3)19-9-13-7-18(8-14(13)10-19)15-11-20(12-15)17(4,5)6/h13-15H,7-12H2,1-6H3. The third kappa shape index (κ3) is 2.65. The molecule has 0 aromatic heterocycles. The fourth-order valence-electron chi connectivity index (χ4n) is 4.11. The molecule has 0 spiro atoms. The summed E-state index contributed by atoms with van der Waals surface area (Å²) in [6, 6.07) is 0.836. The summed E-state index contributed by atoms with van der Waals surface area (Å²) in [6.07, 6.45) is 0. The first kappa shape index (κ1) is 14.8. The average molecular weight is 279 g/mol. The Labute approximate surface area is 125 Å². The van der Waals surface area contributed by atoms with E-state index in [2.05, 4.69) is 56.2 Å². The van der Waals surface area contributed by atoms with E-state index in [0.29, 0.717) is 11.1 Å². The van der Waals surface area contributed by atoms with Crippen LogP contribution in [0, 0.1) is 11.8 Å². The molecule has 2 atom stereocenters. The fraction of sp³-hybridized carbons (Fsp3) is 1.00. The first-order chi connectivity index (χ1) is 9.14. The summed E-state index contributed by atoms with van der Waals surface area (Å²) < 4.78 is 0. The minimum Gasteiger partial charge on any atom is -0.298 e. The largest absolute Gasteiger partial charge is 0.298 e. The highest BCUT2D eigenvalue weighted by Crippen LogP contribution is 2.37. The lowest BCUT2D eigenvalue weighted by Gasteiger charge is -2.51. The van der Waals surface area contributed by atoms with E-state index in [1.165, 1.54) is 39.3 Å². The van der Waals surface area contributed by atoms with Gasteiger partial charge in [-0.3, -0.25) is 14.7 Å². The van der Waals surface area contributed by atoms with Crippen molar-refractivity contribution in [2.24, 2.45) is 11.8 Å². The molecule has 3 heterocycles. The second-order valence-electron chi connectivity index (χ2n) is 9.28. The molecule has 116 valence electrons. The highest BCUT2D eigenvalue weighted by molar-refractivity contribution is 5.02. The molecule has 3 heteroatoms. The lowest BCUT2D eigenvalue weighted by atomic mass is 9.97. The number of fused-ring (bicyclic) bond motifs is 1. The van der Waals surface area contributed by atoms with Gasteiger partial charge in [0.2, 0.25) is 0 Å². The third-order valence-electron chi connectivity index (χ3n) is 5.79. The Hall–Kier alpha value is -0.120. The second-order valence-corrected chi connectivity index (χ2v) is 9.28. The SMILES string of the molecule is CC(C)(C)N1CC2CN(C3CN(C(C)(C)C)C3)CC2C1. The Kier molecular flexibility index (Phi) is 3.47. The smallest absolute Gasteiger partial charge is 0.0351 e. The van der Waals surface area contributed by atoms with E-state index < -0.39 is 0 Å². The van der Waals surface area contributed by atoms with Gasteiger partial charge in [-0.2, -0.15) is 0 Å². The van der Waals surface area contributed by atoms with Crippen molar-refractivity contribution in [3.05, 3.63) is 0 Å². The maximum Gasteiger partial charge on any atom is 0.0351 e. The fourth-order valence-corrected chi connectivity index (χ4v) is 4.11. The Balaban J connectivity index is 1.50. The average Bonchev–Trinajstić information content (AvgIpc) is 2.67. The quantitative estimate of drug-likeness (QED) is 0.728. The highest BCUT2D eigenvalue weighted by atomic mass is 15.4. The molecule has 3 nitrogen and oxygen atoms in total. The van der Waals surface area contributed by atoms with Crippen molar-refractivity contribution in [3.63, 3.8) is 0 Å². The van der Waals surface area contributed by atoms with Gasteiger partial charge in [0.05, 0.1) is 0 Å². The summed E-state index contributed by atoms with van der Waals surface area (Å²) in [6.45, 7) is 22.0. The van der Waals surface area contributed by atoms with Crippen LogP contribution in [-0.4, -0.2) is 71.1 Å². The highest BCUT2D eigenvalue weighted by Gasteiger charge is 2.47. The molecule has 2 unspecified atom stereocenters. The predicted molar refractivity (Wildman–Crippen MR) is 85.0 cm³/mol. The number of rotatable bonds is 1. The molecule has 0 bridgehead atoms. The van der Waals surface area contributed by atoms with Crippen molar-refractivity contribution in [3.8, 4) is 0 Å². The summed E-state index contributed by atoms with van der Waals surface area (Å²) in [7, 11) is 0. The van der Waals surface area contributed by atoms with Gasteiger partial charge in [-0.25, -0.2) is 0 Å². The Morgan fingerprint density at radius 1 is 0.600 bits per heavy atom. The van der Waals surface area contributed by atoms with E-state index in [-0.39, 0.29) is 0 Å². The van der Waals surface area contributed by atoms with Gasteiger partial charge >= 0.3 is 0 Å². The van der Waals surface area contributed by atoms with Gasteiger partial charge < -0.3 is 0 Å². The van der Waals surface area contributed by atoms with Crippen LogP contribution >= 0.6 is 0 Å². The molecule has 0 N–H and O–H groups in total. The van der Waals surface area contributed by atoms with Crippen LogP contribution in [0.25, 0.3) is 0 Å².